The van der Waals surface area contributed by atoms with Crippen molar-refractivity contribution in [1.82, 2.24) is 0 Å². The lowest BCUT2D eigenvalue weighted by Crippen LogP contribution is -2.09. The normalized spacial score (nSPS) is 10.3. The van der Waals surface area contributed by atoms with E-state index in [4.69, 9.17) is 4.74 Å². The van der Waals surface area contributed by atoms with Crippen molar-refractivity contribution in [3.05, 3.63) is 62.7 Å². The molecule has 0 aliphatic heterocycles. The molecule has 23 heavy (non-hydrogen) atoms. The van der Waals surface area contributed by atoms with Gasteiger partial charge in [0.05, 0.1) is 10.5 Å². The molecule has 0 fully saturated rings. The molecule has 2 aromatic rings. The van der Waals surface area contributed by atoms with Gasteiger partial charge in [-0.15, -0.1) is 0 Å². The Bertz CT molecular complexity index is 741. The van der Waals surface area contributed by atoms with Gasteiger partial charge in [-0.1, -0.05) is 0 Å². The summed E-state index contributed by atoms with van der Waals surface area (Å²) in [4.78, 5) is 22.2. The standard InChI is InChI=1S/C16H15NO6/c1-9-13(18)7-14(19)10(2)15(9)16(20)23-8-11-3-5-12(6-4-11)17(21)22/h3-7,18-19H,8H2,1-2H3. The van der Waals surface area contributed by atoms with Crippen LogP contribution in [-0.2, 0) is 11.3 Å². The van der Waals surface area contributed by atoms with Crippen LogP contribution >= 0.6 is 0 Å². The number of non-ortho nitro benzene ring substituents is 1. The van der Waals surface area contributed by atoms with Gasteiger partial charge in [-0.3, -0.25) is 10.1 Å². The van der Waals surface area contributed by atoms with Crippen molar-refractivity contribution in [2.45, 2.75) is 20.5 Å². The molecule has 0 spiro atoms. The van der Waals surface area contributed by atoms with E-state index in [0.29, 0.717) is 16.7 Å². The van der Waals surface area contributed by atoms with Crippen LogP contribution in [0.1, 0.15) is 27.0 Å². The predicted molar refractivity (Wildman–Crippen MR) is 81.5 cm³/mol. The van der Waals surface area contributed by atoms with Gasteiger partial charge < -0.3 is 14.9 Å². The first kappa shape index (κ1) is 16.3. The second-order valence-corrected chi connectivity index (χ2v) is 5.04. The molecule has 0 unspecified atom stereocenters. The van der Waals surface area contributed by atoms with E-state index in [1.165, 1.54) is 24.3 Å². The summed E-state index contributed by atoms with van der Waals surface area (Å²) in [5, 5.41) is 30.0. The Kier molecular flexibility index (Phi) is 4.49. The van der Waals surface area contributed by atoms with E-state index in [1.54, 1.807) is 13.8 Å². The van der Waals surface area contributed by atoms with Crippen LogP contribution in [0, 0.1) is 24.0 Å². The number of hydrogen-bond donors (Lipinski definition) is 2. The Labute approximate surface area is 131 Å². The van der Waals surface area contributed by atoms with E-state index >= 15 is 0 Å². The number of esters is 1. The minimum absolute atomic E-state index is 0.0512. The smallest absolute Gasteiger partial charge is 0.339 e. The largest absolute Gasteiger partial charge is 0.508 e. The zero-order valence-electron chi connectivity index (χ0n) is 12.6. The molecule has 0 atom stereocenters. The molecule has 0 aliphatic carbocycles. The zero-order valence-corrected chi connectivity index (χ0v) is 12.6. The number of aromatic hydroxyl groups is 2. The summed E-state index contributed by atoms with van der Waals surface area (Å²) in [7, 11) is 0. The predicted octanol–water partition coefficient (Wildman–Crippen LogP) is 2.98. The van der Waals surface area contributed by atoms with Gasteiger partial charge in [-0.2, -0.15) is 0 Å². The van der Waals surface area contributed by atoms with E-state index in [2.05, 4.69) is 0 Å². The molecule has 0 bridgehead atoms. The Morgan fingerprint density at radius 2 is 1.65 bits per heavy atom. The first-order valence-electron chi connectivity index (χ1n) is 6.74. The second kappa shape index (κ2) is 6.35. The van der Waals surface area contributed by atoms with Crippen molar-refractivity contribution in [3.63, 3.8) is 0 Å². The highest BCUT2D eigenvalue weighted by molar-refractivity contribution is 5.94. The third kappa shape index (κ3) is 3.39. The number of ether oxygens (including phenoxy) is 1. The minimum Gasteiger partial charge on any atom is -0.508 e. The van der Waals surface area contributed by atoms with Crippen molar-refractivity contribution in [1.29, 1.82) is 0 Å². The summed E-state index contributed by atoms with van der Waals surface area (Å²) < 4.78 is 5.16. The van der Waals surface area contributed by atoms with Crippen molar-refractivity contribution in [3.8, 4) is 11.5 Å². The quantitative estimate of drug-likeness (QED) is 0.509. The molecule has 120 valence electrons. The zero-order chi connectivity index (χ0) is 17.1. The van der Waals surface area contributed by atoms with Crippen LogP contribution in [-0.4, -0.2) is 21.1 Å². The van der Waals surface area contributed by atoms with Crippen molar-refractivity contribution in [2.24, 2.45) is 0 Å². The average molecular weight is 317 g/mol. The number of phenolic OH excluding ortho intramolecular Hbond substituents is 2. The van der Waals surface area contributed by atoms with Gasteiger partial charge in [-0.05, 0) is 31.5 Å². The van der Waals surface area contributed by atoms with E-state index in [9.17, 15) is 25.1 Å². The summed E-state index contributed by atoms with van der Waals surface area (Å²) in [6, 6.07) is 6.79. The van der Waals surface area contributed by atoms with Gasteiger partial charge in [0.25, 0.3) is 5.69 Å². The molecule has 2 N–H and O–H groups in total. The molecule has 7 nitrogen and oxygen atoms in total. The number of phenols is 2. The molecule has 7 heteroatoms. The molecule has 0 heterocycles. The maximum atomic E-state index is 12.2. The molecule has 0 aliphatic rings. The van der Waals surface area contributed by atoms with Crippen molar-refractivity contribution < 1.29 is 24.7 Å². The van der Waals surface area contributed by atoms with Gasteiger partial charge in [0, 0.05) is 29.3 Å². The molecule has 2 rings (SSSR count). The monoisotopic (exact) mass is 317 g/mol. The number of nitrogens with zero attached hydrogens (tertiary/aromatic N) is 1. The van der Waals surface area contributed by atoms with Gasteiger partial charge in [0.2, 0.25) is 0 Å². The van der Waals surface area contributed by atoms with Gasteiger partial charge in [0.1, 0.15) is 18.1 Å². The highest BCUT2D eigenvalue weighted by Crippen LogP contribution is 2.31. The topological polar surface area (TPSA) is 110 Å². The van der Waals surface area contributed by atoms with E-state index in [0.717, 1.165) is 6.07 Å². The number of nitro groups is 1. The van der Waals surface area contributed by atoms with Crippen LogP contribution in [0.4, 0.5) is 5.69 Å². The Morgan fingerprint density at radius 1 is 1.13 bits per heavy atom. The fourth-order valence-electron chi connectivity index (χ4n) is 2.12. The molecule has 0 amide bonds. The van der Waals surface area contributed by atoms with Crippen LogP contribution < -0.4 is 0 Å². The average Bonchev–Trinajstić information content (AvgIpc) is 2.51. The first-order chi connectivity index (χ1) is 10.8. The van der Waals surface area contributed by atoms with Crippen LogP contribution in [0.25, 0.3) is 0 Å². The van der Waals surface area contributed by atoms with Gasteiger partial charge >= 0.3 is 5.97 Å². The maximum absolute atomic E-state index is 12.2. The molecular weight excluding hydrogens is 302 g/mol. The third-order valence-electron chi connectivity index (χ3n) is 3.51. The number of benzene rings is 2. The number of carbonyl (C=O) groups excluding carboxylic acids is 1. The van der Waals surface area contributed by atoms with Crippen LogP contribution in [0.15, 0.2) is 30.3 Å². The fourth-order valence-corrected chi connectivity index (χ4v) is 2.12. The third-order valence-corrected chi connectivity index (χ3v) is 3.51. The molecule has 0 saturated carbocycles. The molecule has 0 radical (unpaired) electrons. The summed E-state index contributed by atoms with van der Waals surface area (Å²) in [6.45, 7) is 3.01. The van der Waals surface area contributed by atoms with Crippen molar-refractivity contribution in [2.75, 3.05) is 0 Å². The molecule has 0 saturated heterocycles. The number of carbonyl (C=O) groups is 1. The minimum atomic E-state index is -0.690. The van der Waals surface area contributed by atoms with Gasteiger partial charge in [0.15, 0.2) is 0 Å². The lowest BCUT2D eigenvalue weighted by molar-refractivity contribution is -0.384. The SMILES string of the molecule is Cc1c(O)cc(O)c(C)c1C(=O)OCc1ccc([N+](=O)[O-])cc1. The van der Waals surface area contributed by atoms with Crippen molar-refractivity contribution >= 4 is 11.7 Å². The van der Waals surface area contributed by atoms with Crippen LogP contribution in [0.5, 0.6) is 11.5 Å². The summed E-state index contributed by atoms with van der Waals surface area (Å²) >= 11 is 0. The summed E-state index contributed by atoms with van der Waals surface area (Å²) in [5.41, 5.74) is 1.26. The van der Waals surface area contributed by atoms with E-state index < -0.39 is 10.9 Å². The fraction of sp³-hybridized carbons (Fsp3) is 0.188. The lowest BCUT2D eigenvalue weighted by atomic mass is 10.0. The lowest BCUT2D eigenvalue weighted by Gasteiger charge is -2.12. The van der Waals surface area contributed by atoms with E-state index in [1.807, 2.05) is 0 Å². The van der Waals surface area contributed by atoms with E-state index in [-0.39, 0.29) is 29.4 Å². The first-order valence-corrected chi connectivity index (χ1v) is 6.74. The maximum Gasteiger partial charge on any atom is 0.339 e. The second-order valence-electron chi connectivity index (χ2n) is 5.04. The Morgan fingerprint density at radius 3 is 2.13 bits per heavy atom. The highest BCUT2D eigenvalue weighted by atomic mass is 16.6. The van der Waals surface area contributed by atoms with Gasteiger partial charge in [-0.25, -0.2) is 4.79 Å². The Balaban J connectivity index is 2.16. The Hall–Kier alpha value is -3.09. The summed E-state index contributed by atoms with van der Waals surface area (Å²) in [6.07, 6.45) is 0. The number of hydrogen-bond acceptors (Lipinski definition) is 6. The number of rotatable bonds is 4. The molecule has 2 aromatic carbocycles. The number of nitro benzene ring substituents is 1. The van der Waals surface area contributed by atoms with Crippen LogP contribution in [0.3, 0.4) is 0 Å². The molecular formula is C16H15NO6. The van der Waals surface area contributed by atoms with Crippen LogP contribution in [0.2, 0.25) is 0 Å². The molecule has 0 aromatic heterocycles. The summed E-state index contributed by atoms with van der Waals surface area (Å²) in [5.74, 6) is -1.09. The highest BCUT2D eigenvalue weighted by Gasteiger charge is 2.19.